The van der Waals surface area contributed by atoms with E-state index in [4.69, 9.17) is 5.11 Å². The lowest BCUT2D eigenvalue weighted by Crippen LogP contribution is -2.32. The summed E-state index contributed by atoms with van der Waals surface area (Å²) >= 11 is 0. The Balaban J connectivity index is 2.35. The van der Waals surface area contributed by atoms with Crippen LogP contribution >= 0.6 is 0 Å². The molecule has 132 valence electrons. The van der Waals surface area contributed by atoms with Gasteiger partial charge in [0.15, 0.2) is 5.76 Å². The first-order valence-electron chi connectivity index (χ1n) is 7.40. The van der Waals surface area contributed by atoms with Gasteiger partial charge in [0.25, 0.3) is 12.9 Å². The Labute approximate surface area is 142 Å². The van der Waals surface area contributed by atoms with Gasteiger partial charge in [0.05, 0.1) is 5.71 Å². The highest BCUT2D eigenvalue weighted by molar-refractivity contribution is 6.12. The van der Waals surface area contributed by atoms with E-state index in [1.54, 1.807) is 60.7 Å². The zero-order valence-corrected chi connectivity index (χ0v) is 13.0. The van der Waals surface area contributed by atoms with Crippen LogP contribution in [0.1, 0.15) is 11.1 Å². The van der Waals surface area contributed by atoms with Crippen LogP contribution in [-0.4, -0.2) is 29.7 Å². The van der Waals surface area contributed by atoms with Crippen molar-refractivity contribution < 1.29 is 22.7 Å². The van der Waals surface area contributed by atoms with Gasteiger partial charge in [-0.15, -0.1) is 0 Å². The molecule has 7 heteroatoms. The van der Waals surface area contributed by atoms with Crippen molar-refractivity contribution in [2.45, 2.75) is 18.9 Å². The summed E-state index contributed by atoms with van der Waals surface area (Å²) in [6.45, 7) is 0. The van der Waals surface area contributed by atoms with Crippen LogP contribution in [0.4, 0.5) is 17.6 Å². The highest BCUT2D eigenvalue weighted by Crippen LogP contribution is 2.13. The lowest BCUT2D eigenvalue weighted by Gasteiger charge is -2.14. The fourth-order valence-corrected chi connectivity index (χ4v) is 2.05. The predicted octanol–water partition coefficient (Wildman–Crippen LogP) is 4.37. The molecule has 2 aromatic rings. The van der Waals surface area contributed by atoms with Crippen molar-refractivity contribution in [1.29, 1.82) is 0 Å². The third-order valence-corrected chi connectivity index (χ3v) is 3.27. The quantitative estimate of drug-likeness (QED) is 0.336. The summed E-state index contributed by atoms with van der Waals surface area (Å²) in [7, 11) is 0. The van der Waals surface area contributed by atoms with Gasteiger partial charge in [0.2, 0.25) is 0 Å². The van der Waals surface area contributed by atoms with E-state index < -0.39 is 24.7 Å². The number of benzene rings is 2. The molecule has 0 aromatic heterocycles. The number of nitrogens with zero attached hydrogens (tertiary/aromatic N) is 1. The number of nitrogens with one attached hydrogen (secondary N) is 1. The Morgan fingerprint density at radius 3 is 1.76 bits per heavy atom. The Morgan fingerprint density at radius 1 is 0.880 bits per heavy atom. The van der Waals surface area contributed by atoms with E-state index in [9.17, 15) is 17.6 Å². The van der Waals surface area contributed by atoms with Crippen LogP contribution in [0, 0.1) is 0 Å². The lowest BCUT2D eigenvalue weighted by atomic mass is 10.0. The van der Waals surface area contributed by atoms with Gasteiger partial charge in [-0.25, -0.2) is 17.6 Å². The SMILES string of the molecule is OC(=CC(NN=C(c1ccccc1)c1ccccc1)C(F)F)C(F)F. The smallest absolute Gasteiger partial charge is 0.294 e. The molecule has 2 aromatic carbocycles. The molecule has 3 nitrogen and oxygen atoms in total. The summed E-state index contributed by atoms with van der Waals surface area (Å²) in [5.41, 5.74) is 3.87. The molecular weight excluding hydrogens is 336 g/mol. The second kappa shape index (κ2) is 8.86. The van der Waals surface area contributed by atoms with Crippen molar-refractivity contribution in [3.05, 3.63) is 83.6 Å². The Bertz CT molecular complexity index is 677. The minimum atomic E-state index is -3.23. The second-order valence-electron chi connectivity index (χ2n) is 5.07. The average Bonchev–Trinajstić information content (AvgIpc) is 2.62. The fourth-order valence-electron chi connectivity index (χ4n) is 2.05. The van der Waals surface area contributed by atoms with E-state index in [0.29, 0.717) is 22.9 Å². The Morgan fingerprint density at radius 2 is 1.36 bits per heavy atom. The Hall–Kier alpha value is -2.83. The van der Waals surface area contributed by atoms with Crippen LogP contribution in [0.15, 0.2) is 77.6 Å². The van der Waals surface area contributed by atoms with E-state index in [1.165, 1.54) is 0 Å². The standard InChI is InChI=1S/C18H16F4N2O/c19-17(20)14(11-15(25)18(21)22)23-24-16(12-7-3-1-4-8-12)13-9-5-2-6-10-13/h1-11,14,17-18,23,25H. The molecule has 0 radical (unpaired) electrons. The molecule has 0 spiro atoms. The van der Waals surface area contributed by atoms with Crippen molar-refractivity contribution >= 4 is 5.71 Å². The molecule has 0 aliphatic carbocycles. The first kappa shape index (κ1) is 18.5. The molecule has 25 heavy (non-hydrogen) atoms. The summed E-state index contributed by atoms with van der Waals surface area (Å²) in [4.78, 5) is 0. The number of halogens is 4. The molecular formula is C18H16F4N2O. The fraction of sp³-hybridized carbons (Fsp3) is 0.167. The van der Waals surface area contributed by atoms with Crippen LogP contribution in [0.25, 0.3) is 0 Å². The molecule has 0 saturated heterocycles. The summed E-state index contributed by atoms with van der Waals surface area (Å²) in [5, 5.41) is 13.0. The number of alkyl halides is 4. The average molecular weight is 352 g/mol. The van der Waals surface area contributed by atoms with Gasteiger partial charge in [0.1, 0.15) is 6.04 Å². The minimum absolute atomic E-state index is 0.367. The number of hydrazone groups is 1. The van der Waals surface area contributed by atoms with Crippen molar-refractivity contribution in [1.82, 2.24) is 5.43 Å². The summed E-state index contributed by atoms with van der Waals surface area (Å²) in [6, 6.07) is 15.8. The Kier molecular flexibility index (Phi) is 6.56. The number of aliphatic hydroxyl groups excluding tert-OH is 1. The highest BCUT2D eigenvalue weighted by Gasteiger charge is 2.21. The minimum Gasteiger partial charge on any atom is -0.507 e. The van der Waals surface area contributed by atoms with Crippen LogP contribution in [0.3, 0.4) is 0 Å². The van der Waals surface area contributed by atoms with Crippen LogP contribution < -0.4 is 5.43 Å². The highest BCUT2D eigenvalue weighted by atomic mass is 19.3. The van der Waals surface area contributed by atoms with Crippen molar-refractivity contribution in [3.8, 4) is 0 Å². The predicted molar refractivity (Wildman–Crippen MR) is 88.2 cm³/mol. The van der Waals surface area contributed by atoms with E-state index in [2.05, 4.69) is 10.5 Å². The lowest BCUT2D eigenvalue weighted by molar-refractivity contribution is 0.105. The maximum atomic E-state index is 13.0. The first-order valence-corrected chi connectivity index (χ1v) is 7.40. The third-order valence-electron chi connectivity index (χ3n) is 3.27. The largest absolute Gasteiger partial charge is 0.507 e. The monoisotopic (exact) mass is 352 g/mol. The van der Waals surface area contributed by atoms with Crippen LogP contribution in [0.5, 0.6) is 0 Å². The van der Waals surface area contributed by atoms with Gasteiger partial charge in [-0.1, -0.05) is 60.7 Å². The second-order valence-corrected chi connectivity index (χ2v) is 5.07. The molecule has 0 bridgehead atoms. The zero-order chi connectivity index (χ0) is 18.2. The van der Waals surface area contributed by atoms with Crippen molar-refractivity contribution in [2.75, 3.05) is 0 Å². The molecule has 0 heterocycles. The normalized spacial score (nSPS) is 13.0. The molecule has 0 saturated carbocycles. The number of aliphatic hydroxyl groups is 1. The number of hydrogen-bond acceptors (Lipinski definition) is 3. The first-order chi connectivity index (χ1) is 12.0. The third kappa shape index (κ3) is 5.34. The molecule has 1 atom stereocenters. The van der Waals surface area contributed by atoms with Gasteiger partial charge >= 0.3 is 0 Å². The summed E-state index contributed by atoms with van der Waals surface area (Å²) in [5.74, 6) is -1.42. The molecule has 0 aliphatic rings. The summed E-state index contributed by atoms with van der Waals surface area (Å²) < 4.78 is 50.8. The van der Waals surface area contributed by atoms with Gasteiger partial charge in [0, 0.05) is 11.1 Å². The molecule has 0 aliphatic heterocycles. The van der Waals surface area contributed by atoms with Crippen LogP contribution in [-0.2, 0) is 0 Å². The number of hydrogen-bond donors (Lipinski definition) is 2. The molecule has 1 unspecified atom stereocenters. The number of rotatable bonds is 7. The number of allylic oxidation sites excluding steroid dienone is 1. The van der Waals surface area contributed by atoms with Crippen LogP contribution in [0.2, 0.25) is 0 Å². The van der Waals surface area contributed by atoms with Crippen molar-refractivity contribution in [2.24, 2.45) is 5.10 Å². The van der Waals surface area contributed by atoms with E-state index in [0.717, 1.165) is 0 Å². The molecule has 2 N–H and O–H groups in total. The van der Waals surface area contributed by atoms with Gasteiger partial charge < -0.3 is 5.11 Å². The molecule has 0 fully saturated rings. The van der Waals surface area contributed by atoms with Gasteiger partial charge in [-0.3, -0.25) is 5.43 Å². The topological polar surface area (TPSA) is 44.6 Å². The maximum Gasteiger partial charge on any atom is 0.294 e. The molecule has 0 amide bonds. The van der Waals surface area contributed by atoms with E-state index >= 15 is 0 Å². The van der Waals surface area contributed by atoms with E-state index in [-0.39, 0.29) is 0 Å². The van der Waals surface area contributed by atoms with Gasteiger partial charge in [-0.05, 0) is 6.08 Å². The maximum absolute atomic E-state index is 13.0. The van der Waals surface area contributed by atoms with E-state index in [1.807, 2.05) is 0 Å². The van der Waals surface area contributed by atoms with Gasteiger partial charge in [-0.2, -0.15) is 5.10 Å². The van der Waals surface area contributed by atoms with Crippen molar-refractivity contribution in [3.63, 3.8) is 0 Å². The summed E-state index contributed by atoms with van der Waals surface area (Å²) in [6.07, 6.45) is -5.89. The zero-order valence-electron chi connectivity index (χ0n) is 13.0. The molecule has 2 rings (SSSR count).